The lowest BCUT2D eigenvalue weighted by atomic mass is 10.1. The molecule has 0 radical (unpaired) electrons. The number of ether oxygens (including phenoxy) is 1. The van der Waals surface area contributed by atoms with Crippen LogP contribution in [0, 0.1) is 5.92 Å². The van der Waals surface area contributed by atoms with Crippen LogP contribution in [-0.2, 0) is 11.3 Å². The Morgan fingerprint density at radius 2 is 1.71 bits per heavy atom. The van der Waals surface area contributed by atoms with Gasteiger partial charge in [0.05, 0.1) is 13.2 Å². The Morgan fingerprint density at radius 1 is 1.06 bits per heavy atom. The lowest BCUT2D eigenvalue weighted by molar-refractivity contribution is 0.0981. The Kier molecular flexibility index (Phi) is 6.23. The fraction of sp³-hybridized carbons (Fsp3) is 0.600. The van der Waals surface area contributed by atoms with Crippen LogP contribution in [0.4, 0.5) is 0 Å². The largest absolute Gasteiger partial charge is 0.375 e. The van der Waals surface area contributed by atoms with Gasteiger partial charge in [0.2, 0.25) is 0 Å². The fourth-order valence-electron chi connectivity index (χ4n) is 1.62. The molecular weight excluding hydrogens is 210 g/mol. The van der Waals surface area contributed by atoms with Gasteiger partial charge in [-0.1, -0.05) is 44.2 Å². The molecule has 1 aromatic carbocycles. The second-order valence-corrected chi connectivity index (χ2v) is 5.10. The van der Waals surface area contributed by atoms with Crippen molar-refractivity contribution in [3.8, 4) is 0 Å². The molecule has 0 aliphatic heterocycles. The van der Waals surface area contributed by atoms with Crippen LogP contribution in [0.1, 0.15) is 33.3 Å². The van der Waals surface area contributed by atoms with Crippen molar-refractivity contribution < 1.29 is 4.74 Å². The zero-order chi connectivity index (χ0) is 12.7. The van der Waals surface area contributed by atoms with Crippen molar-refractivity contribution >= 4 is 0 Å². The number of benzene rings is 1. The molecular formula is C15H25NO. The normalized spacial score (nSPS) is 14.9. The average Bonchev–Trinajstić information content (AvgIpc) is 2.30. The second-order valence-electron chi connectivity index (χ2n) is 5.10. The van der Waals surface area contributed by atoms with Crippen molar-refractivity contribution in [2.24, 2.45) is 5.92 Å². The summed E-state index contributed by atoms with van der Waals surface area (Å²) in [6, 6.07) is 11.2. The minimum absolute atomic E-state index is 0.399. The summed E-state index contributed by atoms with van der Waals surface area (Å²) in [6.45, 7) is 10.3. The molecule has 0 heterocycles. The van der Waals surface area contributed by atoms with E-state index >= 15 is 0 Å². The molecule has 2 nitrogen and oxygen atoms in total. The molecule has 0 aliphatic rings. The summed E-state index contributed by atoms with van der Waals surface area (Å²) in [6.07, 6.45) is 0. The van der Waals surface area contributed by atoms with Gasteiger partial charge < -0.3 is 10.1 Å². The van der Waals surface area contributed by atoms with E-state index in [2.05, 4.69) is 45.1 Å². The molecule has 0 bridgehead atoms. The van der Waals surface area contributed by atoms with E-state index in [9.17, 15) is 0 Å². The summed E-state index contributed by atoms with van der Waals surface area (Å²) in [5.41, 5.74) is 1.23. The number of nitrogens with one attached hydrogen (secondary N) is 1. The van der Waals surface area contributed by atoms with E-state index in [4.69, 9.17) is 4.74 Å². The third-order valence-electron chi connectivity index (χ3n) is 3.03. The lowest BCUT2D eigenvalue weighted by Gasteiger charge is -2.22. The third-order valence-corrected chi connectivity index (χ3v) is 3.03. The molecule has 0 aliphatic carbocycles. The predicted molar refractivity (Wildman–Crippen MR) is 73.0 cm³/mol. The highest BCUT2D eigenvalue weighted by Crippen LogP contribution is 2.03. The molecule has 2 heteroatoms. The van der Waals surface area contributed by atoms with E-state index in [-0.39, 0.29) is 0 Å². The van der Waals surface area contributed by atoms with Crippen LogP contribution < -0.4 is 5.32 Å². The first kappa shape index (κ1) is 14.2. The smallest absolute Gasteiger partial charge is 0.0717 e. The van der Waals surface area contributed by atoms with E-state index in [1.54, 1.807) is 0 Å². The lowest BCUT2D eigenvalue weighted by Crippen LogP contribution is -2.40. The van der Waals surface area contributed by atoms with Crippen molar-refractivity contribution in [1.29, 1.82) is 0 Å². The molecule has 17 heavy (non-hydrogen) atoms. The quantitative estimate of drug-likeness (QED) is 0.783. The first-order chi connectivity index (χ1) is 8.09. The van der Waals surface area contributed by atoms with Crippen LogP contribution in [0.2, 0.25) is 0 Å². The number of rotatable bonds is 7. The molecule has 1 N–H and O–H groups in total. The SMILES string of the molecule is CC(COCc1ccccc1)NC(C)C(C)C. The summed E-state index contributed by atoms with van der Waals surface area (Å²) in [5.74, 6) is 0.659. The highest BCUT2D eigenvalue weighted by molar-refractivity contribution is 5.13. The molecule has 0 spiro atoms. The van der Waals surface area contributed by atoms with Crippen LogP contribution in [0.5, 0.6) is 0 Å². The summed E-state index contributed by atoms with van der Waals surface area (Å²) in [4.78, 5) is 0. The maximum Gasteiger partial charge on any atom is 0.0717 e. The summed E-state index contributed by atoms with van der Waals surface area (Å²) >= 11 is 0. The van der Waals surface area contributed by atoms with Gasteiger partial charge in [0.25, 0.3) is 0 Å². The summed E-state index contributed by atoms with van der Waals surface area (Å²) in [5, 5.41) is 3.54. The molecule has 0 amide bonds. The van der Waals surface area contributed by atoms with Crippen molar-refractivity contribution in [2.45, 2.75) is 46.4 Å². The molecule has 0 saturated heterocycles. The Labute approximate surface area is 105 Å². The van der Waals surface area contributed by atoms with Crippen molar-refractivity contribution in [1.82, 2.24) is 5.32 Å². The van der Waals surface area contributed by atoms with Gasteiger partial charge in [0, 0.05) is 12.1 Å². The highest BCUT2D eigenvalue weighted by Gasteiger charge is 2.10. The second kappa shape index (κ2) is 7.46. The number of hydrogen-bond donors (Lipinski definition) is 1. The predicted octanol–water partition coefficient (Wildman–Crippen LogP) is 3.23. The minimum atomic E-state index is 0.399. The molecule has 0 aromatic heterocycles. The standard InChI is InChI=1S/C15H25NO/c1-12(2)14(4)16-13(3)10-17-11-15-8-6-5-7-9-15/h5-9,12-14,16H,10-11H2,1-4H3. The molecule has 0 fully saturated rings. The van der Waals surface area contributed by atoms with Gasteiger partial charge in [-0.05, 0) is 25.3 Å². The Bertz CT molecular complexity index is 297. The van der Waals surface area contributed by atoms with Gasteiger partial charge in [0.15, 0.2) is 0 Å². The van der Waals surface area contributed by atoms with E-state index < -0.39 is 0 Å². The fourth-order valence-corrected chi connectivity index (χ4v) is 1.62. The summed E-state index contributed by atoms with van der Waals surface area (Å²) < 4.78 is 5.70. The Hall–Kier alpha value is -0.860. The van der Waals surface area contributed by atoms with Gasteiger partial charge in [0.1, 0.15) is 0 Å². The molecule has 1 rings (SSSR count). The van der Waals surface area contributed by atoms with Crippen molar-refractivity contribution in [3.05, 3.63) is 35.9 Å². The molecule has 2 unspecified atom stereocenters. The maximum atomic E-state index is 5.70. The van der Waals surface area contributed by atoms with Gasteiger partial charge in [-0.2, -0.15) is 0 Å². The van der Waals surface area contributed by atoms with E-state index in [0.717, 1.165) is 6.61 Å². The first-order valence-corrected chi connectivity index (χ1v) is 6.47. The zero-order valence-corrected chi connectivity index (χ0v) is 11.4. The number of hydrogen-bond acceptors (Lipinski definition) is 2. The molecule has 96 valence electrons. The van der Waals surface area contributed by atoms with Crippen molar-refractivity contribution in [3.63, 3.8) is 0 Å². The van der Waals surface area contributed by atoms with Gasteiger partial charge >= 0.3 is 0 Å². The van der Waals surface area contributed by atoms with E-state index in [0.29, 0.717) is 24.6 Å². The van der Waals surface area contributed by atoms with Gasteiger partial charge in [-0.3, -0.25) is 0 Å². The molecule has 0 saturated carbocycles. The van der Waals surface area contributed by atoms with Gasteiger partial charge in [-0.25, -0.2) is 0 Å². The first-order valence-electron chi connectivity index (χ1n) is 6.47. The van der Waals surface area contributed by atoms with E-state index in [1.807, 2.05) is 18.2 Å². The Morgan fingerprint density at radius 3 is 2.29 bits per heavy atom. The third kappa shape index (κ3) is 5.85. The van der Waals surface area contributed by atoms with E-state index in [1.165, 1.54) is 5.56 Å². The summed E-state index contributed by atoms with van der Waals surface area (Å²) in [7, 11) is 0. The topological polar surface area (TPSA) is 21.3 Å². The monoisotopic (exact) mass is 235 g/mol. The maximum absolute atomic E-state index is 5.70. The zero-order valence-electron chi connectivity index (χ0n) is 11.4. The average molecular weight is 235 g/mol. The minimum Gasteiger partial charge on any atom is -0.375 e. The highest BCUT2D eigenvalue weighted by atomic mass is 16.5. The van der Waals surface area contributed by atoms with Gasteiger partial charge in [-0.15, -0.1) is 0 Å². The van der Waals surface area contributed by atoms with Crippen LogP contribution in [0.15, 0.2) is 30.3 Å². The van der Waals surface area contributed by atoms with Crippen LogP contribution in [0.25, 0.3) is 0 Å². The van der Waals surface area contributed by atoms with Crippen LogP contribution in [0.3, 0.4) is 0 Å². The molecule has 1 aromatic rings. The van der Waals surface area contributed by atoms with Crippen molar-refractivity contribution in [2.75, 3.05) is 6.61 Å². The van der Waals surface area contributed by atoms with Crippen LogP contribution >= 0.6 is 0 Å². The Balaban J connectivity index is 2.18. The van der Waals surface area contributed by atoms with Crippen LogP contribution in [-0.4, -0.2) is 18.7 Å². The molecule has 2 atom stereocenters.